The summed E-state index contributed by atoms with van der Waals surface area (Å²) in [6.07, 6.45) is 1.05. The summed E-state index contributed by atoms with van der Waals surface area (Å²) in [6, 6.07) is 3.99. The number of anilines is 1. The van der Waals surface area contributed by atoms with E-state index in [0.29, 0.717) is 30.7 Å². The molecule has 2 N–H and O–H groups in total. The van der Waals surface area contributed by atoms with Crippen molar-refractivity contribution in [3.05, 3.63) is 38.8 Å². The lowest BCUT2D eigenvalue weighted by atomic mass is 10.1. The number of nitro groups is 1. The zero-order valence-electron chi connectivity index (χ0n) is 15.8. The molecule has 30 heavy (non-hydrogen) atoms. The Labute approximate surface area is 171 Å². The molecule has 1 heterocycles. The Balaban J connectivity index is 1.88. The first-order valence-electron chi connectivity index (χ1n) is 9.03. The molecule has 0 spiro atoms. The molecule has 1 fully saturated rings. The maximum Gasteiger partial charge on any atom is 0.292 e. The Bertz CT molecular complexity index is 974. The topological polar surface area (TPSA) is 196 Å². The Kier molecular flexibility index (Phi) is 7.69. The summed E-state index contributed by atoms with van der Waals surface area (Å²) in [5, 5.41) is 15.8. The second-order valence-electron chi connectivity index (χ2n) is 6.55. The van der Waals surface area contributed by atoms with Crippen molar-refractivity contribution in [1.29, 1.82) is 0 Å². The van der Waals surface area contributed by atoms with Crippen molar-refractivity contribution in [3.8, 4) is 0 Å². The first kappa shape index (κ1) is 23.1. The van der Waals surface area contributed by atoms with Gasteiger partial charge in [-0.15, -0.1) is 0 Å². The molecule has 1 aliphatic heterocycles. The first-order valence-corrected chi connectivity index (χ1v) is 10.5. The van der Waals surface area contributed by atoms with Gasteiger partial charge in [-0.1, -0.05) is 24.0 Å². The van der Waals surface area contributed by atoms with Gasteiger partial charge in [-0.2, -0.15) is 8.42 Å². The number of benzene rings is 1. The maximum atomic E-state index is 11.8. The SMILES string of the molecule is [N-]=[N+]=Nc1ccc(NCCCCCC(N2C(=O)CCC2=O)S(=O)(=O)O)c([N+](=O)[O-])c1. The normalized spacial score (nSPS) is 15.0. The number of nitrogens with zero attached hydrogens (tertiary/aromatic N) is 5. The van der Waals surface area contributed by atoms with Gasteiger partial charge >= 0.3 is 0 Å². The van der Waals surface area contributed by atoms with Crippen LogP contribution in [0.4, 0.5) is 17.1 Å². The number of nitro benzene ring substituents is 1. The van der Waals surface area contributed by atoms with Crippen LogP contribution in [0.1, 0.15) is 38.5 Å². The van der Waals surface area contributed by atoms with E-state index in [1.807, 2.05) is 0 Å². The number of carbonyl (C=O) groups is 2. The molecular weight excluding hydrogens is 420 g/mol. The summed E-state index contributed by atoms with van der Waals surface area (Å²) < 4.78 is 32.6. The summed E-state index contributed by atoms with van der Waals surface area (Å²) >= 11 is 0. The largest absolute Gasteiger partial charge is 0.379 e. The van der Waals surface area contributed by atoms with Crippen molar-refractivity contribution in [2.75, 3.05) is 11.9 Å². The third kappa shape index (κ3) is 5.89. The Morgan fingerprint density at radius 2 is 1.93 bits per heavy atom. The quantitative estimate of drug-likeness (QED) is 0.0765. The fourth-order valence-corrected chi connectivity index (χ4v) is 4.07. The van der Waals surface area contributed by atoms with Crippen LogP contribution in [0.2, 0.25) is 0 Å². The number of hydrogen-bond acceptors (Lipinski definition) is 8. The summed E-state index contributed by atoms with van der Waals surface area (Å²) in [7, 11) is -4.61. The highest BCUT2D eigenvalue weighted by molar-refractivity contribution is 7.86. The zero-order chi connectivity index (χ0) is 22.3. The fraction of sp³-hybridized carbons (Fsp3) is 0.500. The molecule has 1 aromatic carbocycles. The van der Waals surface area contributed by atoms with E-state index >= 15 is 0 Å². The summed E-state index contributed by atoms with van der Waals surface area (Å²) in [5.41, 5.74) is 8.50. The summed E-state index contributed by atoms with van der Waals surface area (Å²) in [5.74, 6) is -1.25. The van der Waals surface area contributed by atoms with Gasteiger partial charge in [0.25, 0.3) is 15.8 Å². The molecule has 13 nitrogen and oxygen atoms in total. The minimum absolute atomic E-state index is 0.0774. The van der Waals surface area contributed by atoms with Crippen molar-refractivity contribution < 1.29 is 27.5 Å². The predicted molar refractivity (Wildman–Crippen MR) is 105 cm³/mol. The van der Waals surface area contributed by atoms with Gasteiger partial charge in [-0.05, 0) is 24.4 Å². The Hall–Kier alpha value is -3.22. The second kappa shape index (κ2) is 10.0. The number of amides is 2. The minimum atomic E-state index is -4.61. The van der Waals surface area contributed by atoms with Crippen molar-refractivity contribution in [1.82, 2.24) is 4.90 Å². The molecule has 0 saturated carbocycles. The third-order valence-electron chi connectivity index (χ3n) is 4.50. The second-order valence-corrected chi connectivity index (χ2v) is 8.13. The van der Waals surface area contributed by atoms with E-state index in [1.165, 1.54) is 12.1 Å². The monoisotopic (exact) mass is 440 g/mol. The highest BCUT2D eigenvalue weighted by Gasteiger charge is 2.40. The molecule has 2 rings (SSSR count). The van der Waals surface area contributed by atoms with Gasteiger partial charge in [0.1, 0.15) is 5.69 Å². The van der Waals surface area contributed by atoms with E-state index in [0.717, 1.165) is 6.07 Å². The predicted octanol–water partition coefficient (Wildman–Crippen LogP) is 2.87. The van der Waals surface area contributed by atoms with Crippen LogP contribution >= 0.6 is 0 Å². The van der Waals surface area contributed by atoms with Crippen LogP contribution in [0.3, 0.4) is 0 Å². The fourth-order valence-electron chi connectivity index (χ4n) is 3.10. The lowest BCUT2D eigenvalue weighted by Crippen LogP contribution is -2.44. The molecule has 0 aliphatic carbocycles. The van der Waals surface area contributed by atoms with Gasteiger partial charge in [-0.3, -0.25) is 29.2 Å². The molecule has 162 valence electrons. The van der Waals surface area contributed by atoms with Gasteiger partial charge in [0.2, 0.25) is 11.8 Å². The van der Waals surface area contributed by atoms with E-state index in [4.69, 9.17) is 5.53 Å². The van der Waals surface area contributed by atoms with Crippen molar-refractivity contribution >= 4 is 39.0 Å². The van der Waals surface area contributed by atoms with Crippen LogP contribution in [-0.4, -0.2) is 46.5 Å². The molecule has 1 atom stereocenters. The summed E-state index contributed by atoms with van der Waals surface area (Å²) in [4.78, 5) is 37.2. The lowest BCUT2D eigenvalue weighted by molar-refractivity contribution is -0.383. The average molecular weight is 440 g/mol. The number of likely N-dealkylation sites (tertiary alicyclic amines) is 1. The third-order valence-corrected chi connectivity index (χ3v) is 5.64. The van der Waals surface area contributed by atoms with E-state index in [1.54, 1.807) is 0 Å². The van der Waals surface area contributed by atoms with Crippen LogP contribution in [0, 0.1) is 10.1 Å². The Morgan fingerprint density at radius 1 is 1.27 bits per heavy atom. The van der Waals surface area contributed by atoms with E-state index in [9.17, 15) is 32.7 Å². The number of imide groups is 1. The van der Waals surface area contributed by atoms with Gasteiger partial charge in [0, 0.05) is 36.1 Å². The Morgan fingerprint density at radius 3 is 2.50 bits per heavy atom. The zero-order valence-corrected chi connectivity index (χ0v) is 16.6. The number of unbranched alkanes of at least 4 members (excludes halogenated alkanes) is 2. The van der Waals surface area contributed by atoms with E-state index in [2.05, 4.69) is 15.3 Å². The smallest absolute Gasteiger partial charge is 0.292 e. The van der Waals surface area contributed by atoms with E-state index in [-0.39, 0.29) is 36.3 Å². The molecule has 0 radical (unpaired) electrons. The molecule has 1 aromatic rings. The van der Waals surface area contributed by atoms with Crippen molar-refractivity contribution in [2.24, 2.45) is 5.11 Å². The van der Waals surface area contributed by atoms with Gasteiger partial charge in [-0.25, -0.2) is 0 Å². The van der Waals surface area contributed by atoms with Crippen LogP contribution in [0.15, 0.2) is 23.3 Å². The molecule has 0 aromatic heterocycles. The molecular formula is C16H20N6O7S. The van der Waals surface area contributed by atoms with Crippen LogP contribution in [0.25, 0.3) is 10.4 Å². The lowest BCUT2D eigenvalue weighted by Gasteiger charge is -2.23. The maximum absolute atomic E-state index is 11.8. The van der Waals surface area contributed by atoms with Crippen LogP contribution in [-0.2, 0) is 19.7 Å². The summed E-state index contributed by atoms with van der Waals surface area (Å²) in [6.45, 7) is 0.333. The first-order chi connectivity index (χ1) is 14.1. The molecule has 1 saturated heterocycles. The van der Waals surface area contributed by atoms with Gasteiger partial charge in [0.05, 0.1) is 4.92 Å². The van der Waals surface area contributed by atoms with Gasteiger partial charge < -0.3 is 5.32 Å². The van der Waals surface area contributed by atoms with E-state index < -0.39 is 32.2 Å². The molecule has 0 bridgehead atoms. The number of nitrogens with one attached hydrogen (secondary N) is 1. The number of hydrogen-bond donors (Lipinski definition) is 2. The van der Waals surface area contributed by atoms with Crippen molar-refractivity contribution in [2.45, 2.75) is 43.9 Å². The van der Waals surface area contributed by atoms with Crippen LogP contribution in [0.5, 0.6) is 0 Å². The molecule has 1 unspecified atom stereocenters. The molecule has 2 amide bonds. The van der Waals surface area contributed by atoms with Gasteiger partial charge in [0.15, 0.2) is 5.37 Å². The highest BCUT2D eigenvalue weighted by atomic mass is 32.2. The van der Waals surface area contributed by atoms with Crippen molar-refractivity contribution in [3.63, 3.8) is 0 Å². The standard InChI is InChI=1S/C16H20N6O7S/c17-20-19-11-5-6-12(13(10-11)22(25)26)18-9-3-1-2-4-16(30(27,28)29)21-14(23)7-8-15(21)24/h5-6,10,16,18H,1-4,7-9H2,(H,27,28,29). The van der Waals surface area contributed by atoms with Crippen LogP contribution < -0.4 is 5.32 Å². The average Bonchev–Trinajstić information content (AvgIpc) is 2.99. The minimum Gasteiger partial charge on any atom is -0.379 e. The number of carbonyl (C=O) groups excluding carboxylic acids is 2. The number of rotatable bonds is 11. The number of azide groups is 1. The highest BCUT2D eigenvalue weighted by Crippen LogP contribution is 2.29. The molecule has 1 aliphatic rings. The molecule has 14 heteroatoms.